The average Bonchev–Trinajstić information content (AvgIpc) is 3.09. The molecule has 142 valence electrons. The number of ether oxygens (including phenoxy) is 1. The highest BCUT2D eigenvalue weighted by atomic mass is 35.5. The van der Waals surface area contributed by atoms with E-state index in [0.29, 0.717) is 27.7 Å². The number of halogens is 2. The van der Waals surface area contributed by atoms with Crippen molar-refractivity contribution in [2.24, 2.45) is 0 Å². The minimum atomic E-state index is -1.06. The molecule has 0 spiro atoms. The predicted molar refractivity (Wildman–Crippen MR) is 104 cm³/mol. The van der Waals surface area contributed by atoms with Gasteiger partial charge >= 0.3 is 11.9 Å². The highest BCUT2D eigenvalue weighted by molar-refractivity contribution is 6.42. The number of carboxylic acids is 1. The molecule has 0 fully saturated rings. The molecule has 1 aromatic rings. The summed E-state index contributed by atoms with van der Waals surface area (Å²) >= 11 is 12.0. The summed E-state index contributed by atoms with van der Waals surface area (Å²) in [6.07, 6.45) is 5.02. The first-order chi connectivity index (χ1) is 12.6. The minimum Gasteiger partial charge on any atom is -0.477 e. The van der Waals surface area contributed by atoms with Crippen LogP contribution in [0, 0.1) is 0 Å². The number of hydrogen-bond donors (Lipinski definition) is 1. The fraction of sp³-hybridized carbons (Fsp3) is 0.300. The zero-order valence-corrected chi connectivity index (χ0v) is 16.6. The van der Waals surface area contributed by atoms with E-state index in [4.69, 9.17) is 27.9 Å². The number of aliphatic carboxylic acids is 1. The summed E-state index contributed by atoms with van der Waals surface area (Å²) in [6.45, 7) is 5.68. The summed E-state index contributed by atoms with van der Waals surface area (Å²) in [6, 6.07) is 4.84. The normalized spacial score (nSPS) is 18.6. The van der Waals surface area contributed by atoms with Crippen LogP contribution in [0.15, 0.2) is 53.3 Å². The molecule has 0 bridgehead atoms. The lowest BCUT2D eigenvalue weighted by atomic mass is 10.1. The third-order valence-corrected chi connectivity index (χ3v) is 4.93. The van der Waals surface area contributed by atoms with E-state index in [1.54, 1.807) is 56.0 Å². The number of fused-ring (bicyclic) bond motifs is 1. The third-order valence-electron chi connectivity index (χ3n) is 4.19. The quantitative estimate of drug-likeness (QED) is 0.751. The lowest BCUT2D eigenvalue weighted by Gasteiger charge is -2.26. The Kier molecular flexibility index (Phi) is 5.10. The Morgan fingerprint density at radius 1 is 1.22 bits per heavy atom. The number of carboxylic acid groups (broad SMARTS) is 1. The number of nitrogens with zero attached hydrogens (tertiary/aromatic N) is 1. The Labute approximate surface area is 167 Å². The summed E-state index contributed by atoms with van der Waals surface area (Å²) in [5.41, 5.74) is 1.31. The maximum Gasteiger partial charge on any atom is 0.352 e. The Morgan fingerprint density at radius 2 is 1.93 bits per heavy atom. The van der Waals surface area contributed by atoms with Gasteiger partial charge < -0.3 is 14.7 Å². The van der Waals surface area contributed by atoms with Crippen molar-refractivity contribution in [3.63, 3.8) is 0 Å². The standard InChI is InChI=1S/C20H19Cl2NO4/c1-20(2,3)27-19(26)12-5-7-16-13(12)9-17(18(24)25)23(16)10-11-4-6-14(21)15(22)8-11/h4-9,16H,10H2,1-3H3,(H,24,25). The molecule has 1 aliphatic heterocycles. The highest BCUT2D eigenvalue weighted by Gasteiger charge is 2.38. The molecule has 1 atom stereocenters. The van der Waals surface area contributed by atoms with E-state index in [-0.39, 0.29) is 11.7 Å². The zero-order chi connectivity index (χ0) is 19.9. The van der Waals surface area contributed by atoms with E-state index < -0.39 is 17.5 Å². The van der Waals surface area contributed by atoms with Crippen molar-refractivity contribution in [2.75, 3.05) is 0 Å². The van der Waals surface area contributed by atoms with Gasteiger partial charge in [-0.25, -0.2) is 9.59 Å². The van der Waals surface area contributed by atoms with Crippen LogP contribution < -0.4 is 0 Å². The van der Waals surface area contributed by atoms with Gasteiger partial charge in [0.1, 0.15) is 11.3 Å². The van der Waals surface area contributed by atoms with E-state index in [9.17, 15) is 14.7 Å². The summed E-state index contributed by atoms with van der Waals surface area (Å²) in [5, 5.41) is 10.4. The van der Waals surface area contributed by atoms with E-state index in [1.807, 2.05) is 0 Å². The third kappa shape index (κ3) is 4.04. The second-order valence-electron chi connectivity index (χ2n) is 7.39. The second-order valence-corrected chi connectivity index (χ2v) is 8.20. The van der Waals surface area contributed by atoms with Gasteiger partial charge in [0.05, 0.1) is 21.7 Å². The Bertz CT molecular complexity index is 909. The fourth-order valence-electron chi connectivity index (χ4n) is 3.08. The molecule has 5 nitrogen and oxygen atoms in total. The Morgan fingerprint density at radius 3 is 2.52 bits per heavy atom. The molecule has 1 N–H and O–H groups in total. The van der Waals surface area contributed by atoms with Crippen LogP contribution in [0.5, 0.6) is 0 Å². The largest absolute Gasteiger partial charge is 0.477 e. The molecule has 1 aromatic carbocycles. The number of esters is 1. The monoisotopic (exact) mass is 407 g/mol. The van der Waals surface area contributed by atoms with Gasteiger partial charge in [-0.15, -0.1) is 0 Å². The van der Waals surface area contributed by atoms with Gasteiger partial charge in [0.15, 0.2) is 0 Å². The van der Waals surface area contributed by atoms with Crippen molar-refractivity contribution in [1.82, 2.24) is 4.90 Å². The average molecular weight is 408 g/mol. The molecule has 1 heterocycles. The Hall–Kier alpha value is -2.24. The smallest absolute Gasteiger partial charge is 0.352 e. The summed E-state index contributed by atoms with van der Waals surface area (Å²) in [7, 11) is 0. The summed E-state index contributed by atoms with van der Waals surface area (Å²) < 4.78 is 5.43. The molecule has 27 heavy (non-hydrogen) atoms. The van der Waals surface area contributed by atoms with Gasteiger partial charge in [-0.1, -0.05) is 35.3 Å². The van der Waals surface area contributed by atoms with Crippen LogP contribution in [0.1, 0.15) is 26.3 Å². The number of rotatable bonds is 4. The van der Waals surface area contributed by atoms with Crippen LogP contribution in [0.4, 0.5) is 0 Å². The van der Waals surface area contributed by atoms with Crippen molar-refractivity contribution in [3.8, 4) is 0 Å². The fourth-order valence-corrected chi connectivity index (χ4v) is 3.40. The molecule has 1 aliphatic carbocycles. The van der Waals surface area contributed by atoms with Crippen molar-refractivity contribution in [1.29, 1.82) is 0 Å². The maximum atomic E-state index is 12.5. The number of hydrogen-bond acceptors (Lipinski definition) is 4. The first-order valence-corrected chi connectivity index (χ1v) is 9.13. The van der Waals surface area contributed by atoms with E-state index in [1.165, 1.54) is 6.08 Å². The summed E-state index contributed by atoms with van der Waals surface area (Å²) in [5.74, 6) is -1.53. The van der Waals surface area contributed by atoms with Gasteiger partial charge in [0.25, 0.3) is 0 Å². The Balaban J connectivity index is 1.92. The summed E-state index contributed by atoms with van der Waals surface area (Å²) in [4.78, 5) is 25.9. The van der Waals surface area contributed by atoms with Gasteiger partial charge in [0.2, 0.25) is 0 Å². The SMILES string of the molecule is CC(C)(C)OC(=O)C1=C2C=C(C(=O)O)N(Cc3ccc(Cl)c(Cl)c3)C2C=C1. The van der Waals surface area contributed by atoms with Gasteiger partial charge in [-0.3, -0.25) is 0 Å². The number of benzene rings is 1. The molecule has 0 saturated heterocycles. The van der Waals surface area contributed by atoms with Crippen LogP contribution in [0.3, 0.4) is 0 Å². The van der Waals surface area contributed by atoms with Gasteiger partial charge in [0, 0.05) is 6.54 Å². The zero-order valence-electron chi connectivity index (χ0n) is 15.1. The molecule has 0 amide bonds. The van der Waals surface area contributed by atoms with Gasteiger partial charge in [-0.2, -0.15) is 0 Å². The van der Waals surface area contributed by atoms with E-state index in [0.717, 1.165) is 5.56 Å². The van der Waals surface area contributed by atoms with Crippen LogP contribution in [0.25, 0.3) is 0 Å². The molecule has 3 rings (SSSR count). The van der Waals surface area contributed by atoms with Crippen molar-refractivity contribution >= 4 is 35.1 Å². The van der Waals surface area contributed by atoms with Crippen molar-refractivity contribution in [3.05, 3.63) is 68.9 Å². The minimum absolute atomic E-state index is 0.117. The van der Waals surface area contributed by atoms with Crippen LogP contribution >= 0.6 is 23.2 Å². The number of carbonyl (C=O) groups is 2. The predicted octanol–water partition coefficient (Wildman–Crippen LogP) is 4.35. The molecular weight excluding hydrogens is 389 g/mol. The molecule has 7 heteroatoms. The molecule has 0 aromatic heterocycles. The lowest BCUT2D eigenvalue weighted by Crippen LogP contribution is -2.31. The van der Waals surface area contributed by atoms with Gasteiger partial charge in [-0.05, 0) is 56.2 Å². The first kappa shape index (κ1) is 19.5. The molecule has 1 unspecified atom stereocenters. The van der Waals surface area contributed by atoms with E-state index in [2.05, 4.69) is 0 Å². The number of carbonyl (C=O) groups excluding carboxylic acids is 1. The molecule has 0 radical (unpaired) electrons. The topological polar surface area (TPSA) is 66.8 Å². The van der Waals surface area contributed by atoms with Crippen LogP contribution in [0.2, 0.25) is 10.0 Å². The highest BCUT2D eigenvalue weighted by Crippen LogP contribution is 2.37. The molecule has 0 saturated carbocycles. The first-order valence-electron chi connectivity index (χ1n) is 8.38. The lowest BCUT2D eigenvalue weighted by molar-refractivity contribution is -0.149. The van der Waals surface area contributed by atoms with Crippen LogP contribution in [-0.2, 0) is 20.9 Å². The van der Waals surface area contributed by atoms with Crippen molar-refractivity contribution in [2.45, 2.75) is 39.0 Å². The van der Waals surface area contributed by atoms with E-state index >= 15 is 0 Å². The molecule has 2 aliphatic rings. The van der Waals surface area contributed by atoms with Crippen molar-refractivity contribution < 1.29 is 19.4 Å². The molecular formula is C20H19Cl2NO4. The maximum absolute atomic E-state index is 12.5. The second kappa shape index (κ2) is 7.06. The van der Waals surface area contributed by atoms with Crippen LogP contribution in [-0.4, -0.2) is 33.6 Å².